The third-order valence-corrected chi connectivity index (χ3v) is 14.6. The van der Waals surface area contributed by atoms with Gasteiger partial charge in [0, 0.05) is 0 Å². The Hall–Kier alpha value is -6.19. The zero-order valence-electron chi connectivity index (χ0n) is 44.3. The maximum atomic E-state index is 2.29. The first-order valence-corrected chi connectivity index (χ1v) is 27.0. The molecule has 0 fully saturated rings. The molecule has 0 bridgehead atoms. The Morgan fingerprint density at radius 3 is 0.549 bits per heavy atom. The molecule has 4 heteroatoms. The number of rotatable bonds is 23. The van der Waals surface area contributed by atoms with Gasteiger partial charge in [0.2, 0.25) is 0 Å². The molecule has 8 aromatic carbocycles. The highest BCUT2D eigenvalue weighted by molar-refractivity contribution is 7.20. The van der Waals surface area contributed by atoms with E-state index < -0.39 is 12.3 Å². The molecule has 0 heterocycles. The molecule has 0 spiro atoms. The van der Waals surface area contributed by atoms with E-state index in [1.54, 1.807) is 0 Å². The van der Waals surface area contributed by atoms with E-state index in [1.807, 2.05) is 0 Å². The first-order valence-electron chi connectivity index (χ1n) is 27.0. The summed E-state index contributed by atoms with van der Waals surface area (Å²) in [5.74, 6) is 0. The summed E-state index contributed by atoms with van der Waals surface area (Å²) in [6, 6.07) is 87.1. The zero-order chi connectivity index (χ0) is 49.0. The molecule has 0 unspecified atom stereocenters. The van der Waals surface area contributed by atoms with Crippen LogP contribution < -0.4 is 49.9 Å². The molecule has 0 saturated carbocycles. The van der Waals surface area contributed by atoms with Crippen LogP contribution in [0.3, 0.4) is 0 Å². The van der Waals surface area contributed by atoms with Gasteiger partial charge < -0.3 is 10.6 Å². The second-order valence-corrected chi connectivity index (χ2v) is 20.6. The Morgan fingerprint density at radius 2 is 0.394 bits per heavy atom. The Labute approximate surface area is 431 Å². The largest absolute Gasteiger partial charge is 0.369 e. The van der Waals surface area contributed by atoms with Crippen LogP contribution in [-0.4, -0.2) is 44.5 Å². The highest BCUT2D eigenvalue weighted by Gasteiger charge is 2.32. The van der Waals surface area contributed by atoms with Crippen molar-refractivity contribution < 1.29 is 4.48 Å². The van der Waals surface area contributed by atoms with Crippen LogP contribution in [0.25, 0.3) is 0 Å². The Morgan fingerprint density at radius 1 is 0.239 bits per heavy atom. The zero-order valence-corrected chi connectivity index (χ0v) is 44.3. The molecule has 0 amide bonds. The van der Waals surface area contributed by atoms with Crippen molar-refractivity contribution in [1.82, 2.24) is 6.15 Å². The summed E-state index contributed by atoms with van der Waals surface area (Å²) in [6.45, 7) is 3.63. The van der Waals surface area contributed by atoms with E-state index in [0.29, 0.717) is 0 Å². The van der Waals surface area contributed by atoms with E-state index in [2.05, 4.69) is 271 Å². The van der Waals surface area contributed by atoms with Crippen LogP contribution in [-0.2, 0) is 0 Å². The van der Waals surface area contributed by atoms with Crippen molar-refractivity contribution in [3.8, 4) is 0 Å². The standard InChI is InChI=1S/2C24H20B.C19H42N.H3N/c2*1-5-13-21(14-6-1)25(22-15-7-2-8-16-22,23-17-9-3-10-18-23)24-19-11-4-12-20-24;1-5-6-7-8-9-10-11-12-13-14-15-16-17-18-19-20(2,3)4;/h2*1-20H;5-19H2,1-4H3;1H3/q2*-1;+1;/p+1. The number of nitrogens with zero attached hydrogens (tertiary/aromatic N) is 1. The van der Waals surface area contributed by atoms with Gasteiger partial charge in [-0.05, 0) is 12.8 Å². The van der Waals surface area contributed by atoms with Crippen LogP contribution in [0.15, 0.2) is 243 Å². The van der Waals surface area contributed by atoms with Crippen molar-refractivity contribution in [2.75, 3.05) is 27.7 Å². The van der Waals surface area contributed by atoms with Crippen molar-refractivity contribution in [2.45, 2.75) is 96.8 Å². The SMILES string of the molecule is CCCCCCCCCCCCCCCC[N+](C)(C)C.[NH4+].c1ccc([B-](c2ccccc2)(c2ccccc2)c2ccccc2)cc1.c1ccc([B-](c2ccccc2)(c2ccccc2)c2ccccc2)cc1. The molecule has 0 atom stereocenters. The van der Waals surface area contributed by atoms with Gasteiger partial charge in [0.25, 0.3) is 0 Å². The van der Waals surface area contributed by atoms with Crippen LogP contribution in [0.4, 0.5) is 0 Å². The van der Waals surface area contributed by atoms with Crippen LogP contribution in [0.5, 0.6) is 0 Å². The molecule has 0 aromatic heterocycles. The first-order chi connectivity index (χ1) is 34.4. The van der Waals surface area contributed by atoms with Gasteiger partial charge in [-0.2, -0.15) is 43.7 Å². The smallest absolute Gasteiger partial charge is 0.108 e. The van der Waals surface area contributed by atoms with E-state index in [9.17, 15) is 0 Å². The van der Waals surface area contributed by atoms with Crippen molar-refractivity contribution in [3.05, 3.63) is 243 Å². The van der Waals surface area contributed by atoms with Gasteiger partial charge in [0.05, 0.1) is 27.7 Å². The number of quaternary nitrogens is 2. The van der Waals surface area contributed by atoms with E-state index in [4.69, 9.17) is 0 Å². The average Bonchev–Trinajstić information content (AvgIpc) is 3.42. The lowest BCUT2D eigenvalue weighted by atomic mass is 9.13. The van der Waals surface area contributed by atoms with Crippen molar-refractivity contribution in [1.29, 1.82) is 0 Å². The van der Waals surface area contributed by atoms with Gasteiger partial charge in [0.1, 0.15) is 12.3 Å². The molecule has 4 N–H and O–H groups in total. The van der Waals surface area contributed by atoms with E-state index in [0.717, 1.165) is 4.48 Å². The molecule has 0 aliphatic heterocycles. The molecule has 8 aromatic rings. The van der Waals surface area contributed by atoms with Crippen molar-refractivity contribution in [2.24, 2.45) is 0 Å². The summed E-state index contributed by atoms with van der Waals surface area (Å²) in [5, 5.41) is 0. The molecule has 0 aliphatic carbocycles. The third kappa shape index (κ3) is 16.2. The lowest BCUT2D eigenvalue weighted by Gasteiger charge is -2.44. The van der Waals surface area contributed by atoms with Gasteiger partial charge in [0.15, 0.2) is 0 Å². The summed E-state index contributed by atoms with van der Waals surface area (Å²) in [6.07, 6.45) is 17.9. The third-order valence-electron chi connectivity index (χ3n) is 14.6. The molecular formula is C67H86B2N2. The Kier molecular flexibility index (Phi) is 24.0. The summed E-state index contributed by atoms with van der Waals surface area (Å²) in [5.41, 5.74) is 10.7. The first kappa shape index (κ1) is 55.7. The van der Waals surface area contributed by atoms with Crippen molar-refractivity contribution >= 4 is 56.0 Å². The van der Waals surface area contributed by atoms with Crippen molar-refractivity contribution in [3.63, 3.8) is 0 Å². The maximum Gasteiger partial charge on any atom is 0.108 e. The Balaban J connectivity index is 0.000000199. The lowest BCUT2D eigenvalue weighted by Crippen LogP contribution is -2.74. The highest BCUT2D eigenvalue weighted by atomic mass is 15.3. The maximum absolute atomic E-state index is 2.29. The number of hydrogen-bond donors (Lipinski definition) is 1. The van der Waals surface area contributed by atoms with E-state index >= 15 is 0 Å². The number of hydrogen-bond acceptors (Lipinski definition) is 0. The minimum atomic E-state index is -1.22. The molecule has 0 aliphatic rings. The number of unbranched alkanes of at least 4 members (excludes halogenated alkanes) is 13. The molecule has 8 rings (SSSR count). The summed E-state index contributed by atoms with van der Waals surface area (Å²) < 4.78 is 1.12. The highest BCUT2D eigenvalue weighted by Crippen LogP contribution is 2.14. The number of benzene rings is 8. The summed E-state index contributed by atoms with van der Waals surface area (Å²) in [7, 11) is 6.88. The van der Waals surface area contributed by atoms with Crippen LogP contribution in [0.1, 0.15) is 96.8 Å². The monoisotopic (exact) mass is 941 g/mol. The van der Waals surface area contributed by atoms with Crippen LogP contribution >= 0.6 is 0 Å². The Bertz CT molecular complexity index is 2050. The average molecular weight is 941 g/mol. The van der Waals surface area contributed by atoms with Gasteiger partial charge in [-0.15, -0.1) is 0 Å². The second kappa shape index (κ2) is 30.5. The fraction of sp³-hybridized carbons (Fsp3) is 0.284. The quantitative estimate of drug-likeness (QED) is 0.0377. The minimum Gasteiger partial charge on any atom is -0.369 e. The van der Waals surface area contributed by atoms with E-state index in [1.165, 1.54) is 140 Å². The summed E-state index contributed by atoms with van der Waals surface area (Å²) >= 11 is 0. The molecule has 0 saturated heterocycles. The van der Waals surface area contributed by atoms with Gasteiger partial charge >= 0.3 is 0 Å². The fourth-order valence-corrected chi connectivity index (χ4v) is 11.0. The van der Waals surface area contributed by atoms with E-state index in [-0.39, 0.29) is 6.15 Å². The molecule has 2 nitrogen and oxygen atoms in total. The summed E-state index contributed by atoms with van der Waals surface area (Å²) in [4.78, 5) is 0. The predicted molar refractivity (Wildman–Crippen MR) is 319 cm³/mol. The topological polar surface area (TPSA) is 36.5 Å². The van der Waals surface area contributed by atoms with Gasteiger partial charge in [-0.25, -0.2) is 0 Å². The van der Waals surface area contributed by atoms with Gasteiger partial charge in [-0.3, -0.25) is 0 Å². The van der Waals surface area contributed by atoms with Gasteiger partial charge in [-0.1, -0.05) is 327 Å². The van der Waals surface area contributed by atoms with Crippen LogP contribution in [0, 0.1) is 0 Å². The fourth-order valence-electron chi connectivity index (χ4n) is 11.0. The lowest BCUT2D eigenvalue weighted by molar-refractivity contribution is -0.870. The molecular weight excluding hydrogens is 854 g/mol. The predicted octanol–water partition coefficient (Wildman–Crippen LogP) is 12.7. The van der Waals surface area contributed by atoms with Crippen LogP contribution in [0.2, 0.25) is 0 Å². The minimum absolute atomic E-state index is 0. The normalized spacial score (nSPS) is 11.3. The molecule has 71 heavy (non-hydrogen) atoms. The second-order valence-electron chi connectivity index (χ2n) is 20.6. The molecule has 0 radical (unpaired) electrons. The molecule has 370 valence electrons.